The third-order valence-electron chi connectivity index (χ3n) is 3.79. The Morgan fingerprint density at radius 2 is 2.05 bits per heavy atom. The molecule has 1 saturated heterocycles. The molecule has 2 aromatic heterocycles. The summed E-state index contributed by atoms with van der Waals surface area (Å²) in [7, 11) is 0. The summed E-state index contributed by atoms with van der Waals surface area (Å²) in [5.41, 5.74) is 0.409. The molecule has 7 nitrogen and oxygen atoms in total. The second-order valence-corrected chi connectivity index (χ2v) is 5.51. The van der Waals surface area contributed by atoms with Gasteiger partial charge in [-0.1, -0.05) is 5.16 Å². The molecule has 0 unspecified atom stereocenters. The van der Waals surface area contributed by atoms with Crippen molar-refractivity contribution in [3.63, 3.8) is 0 Å². The SMILES string of the molecule is O=C(c1cc(C2CC2)on1)N1CC(Nc2ncccn2)C1. The quantitative estimate of drug-likeness (QED) is 0.911. The molecule has 4 rings (SSSR count). The van der Waals surface area contributed by atoms with Crippen LogP contribution < -0.4 is 5.32 Å². The molecule has 1 N–H and O–H groups in total. The summed E-state index contributed by atoms with van der Waals surface area (Å²) in [5, 5.41) is 7.07. The Morgan fingerprint density at radius 3 is 2.76 bits per heavy atom. The lowest BCUT2D eigenvalue weighted by molar-refractivity contribution is 0.0614. The van der Waals surface area contributed by atoms with E-state index in [1.54, 1.807) is 29.4 Å². The standard InChI is InChI=1S/C14H15N5O2/c20-13(11-6-12(21-18-11)9-2-3-9)19-7-10(8-19)17-14-15-4-1-5-16-14/h1,4-6,9-10H,2-3,7-8H2,(H,15,16,17). The fourth-order valence-electron chi connectivity index (χ4n) is 2.40. The van der Waals surface area contributed by atoms with Crippen LogP contribution in [-0.2, 0) is 0 Å². The number of likely N-dealkylation sites (tertiary alicyclic amines) is 1. The lowest BCUT2D eigenvalue weighted by Crippen LogP contribution is -2.57. The number of carbonyl (C=O) groups excluding carboxylic acids is 1. The third-order valence-corrected chi connectivity index (χ3v) is 3.79. The molecule has 2 aromatic rings. The fourth-order valence-corrected chi connectivity index (χ4v) is 2.40. The van der Waals surface area contributed by atoms with E-state index in [2.05, 4.69) is 20.4 Å². The van der Waals surface area contributed by atoms with E-state index >= 15 is 0 Å². The molecule has 0 aromatic carbocycles. The molecular formula is C14H15N5O2. The van der Waals surface area contributed by atoms with E-state index in [-0.39, 0.29) is 11.9 Å². The average molecular weight is 285 g/mol. The van der Waals surface area contributed by atoms with Gasteiger partial charge in [-0.05, 0) is 18.9 Å². The Morgan fingerprint density at radius 1 is 1.29 bits per heavy atom. The zero-order chi connectivity index (χ0) is 14.2. The van der Waals surface area contributed by atoms with E-state index in [1.165, 1.54) is 0 Å². The fraction of sp³-hybridized carbons (Fsp3) is 0.429. The van der Waals surface area contributed by atoms with Crippen molar-refractivity contribution in [3.8, 4) is 0 Å². The van der Waals surface area contributed by atoms with E-state index in [4.69, 9.17) is 4.52 Å². The summed E-state index contributed by atoms with van der Waals surface area (Å²) in [4.78, 5) is 22.2. The van der Waals surface area contributed by atoms with Crippen molar-refractivity contribution in [1.82, 2.24) is 20.0 Å². The highest BCUT2D eigenvalue weighted by Gasteiger charge is 2.34. The first-order valence-corrected chi connectivity index (χ1v) is 7.09. The minimum absolute atomic E-state index is 0.0716. The summed E-state index contributed by atoms with van der Waals surface area (Å²) in [6.07, 6.45) is 5.64. The van der Waals surface area contributed by atoms with Crippen molar-refractivity contribution in [2.45, 2.75) is 24.8 Å². The molecule has 21 heavy (non-hydrogen) atoms. The number of aromatic nitrogens is 3. The van der Waals surface area contributed by atoms with Crippen molar-refractivity contribution >= 4 is 11.9 Å². The molecular weight excluding hydrogens is 270 g/mol. The Labute approximate surface area is 121 Å². The van der Waals surface area contributed by atoms with Crippen molar-refractivity contribution in [3.05, 3.63) is 36.0 Å². The molecule has 0 bridgehead atoms. The lowest BCUT2D eigenvalue weighted by Gasteiger charge is -2.38. The van der Waals surface area contributed by atoms with Crippen LogP contribution >= 0.6 is 0 Å². The lowest BCUT2D eigenvalue weighted by atomic mass is 10.1. The number of amides is 1. The van der Waals surface area contributed by atoms with Gasteiger partial charge in [0.25, 0.3) is 5.91 Å². The van der Waals surface area contributed by atoms with Crippen LogP contribution in [0.1, 0.15) is 35.0 Å². The smallest absolute Gasteiger partial charge is 0.276 e. The Hall–Kier alpha value is -2.44. The van der Waals surface area contributed by atoms with E-state index in [0.717, 1.165) is 18.6 Å². The topological polar surface area (TPSA) is 84.2 Å². The molecule has 3 heterocycles. The van der Waals surface area contributed by atoms with Gasteiger partial charge in [0.1, 0.15) is 5.76 Å². The van der Waals surface area contributed by atoms with Crippen LogP contribution in [0.2, 0.25) is 0 Å². The molecule has 1 aliphatic carbocycles. The molecule has 0 radical (unpaired) electrons. The van der Waals surface area contributed by atoms with Gasteiger partial charge >= 0.3 is 0 Å². The maximum atomic E-state index is 12.2. The molecule has 0 spiro atoms. The first-order valence-electron chi connectivity index (χ1n) is 7.09. The van der Waals surface area contributed by atoms with Crippen molar-refractivity contribution < 1.29 is 9.32 Å². The zero-order valence-electron chi connectivity index (χ0n) is 11.4. The summed E-state index contributed by atoms with van der Waals surface area (Å²) < 4.78 is 5.22. The number of rotatable bonds is 4. The van der Waals surface area contributed by atoms with Crippen molar-refractivity contribution in [2.24, 2.45) is 0 Å². The molecule has 1 aliphatic heterocycles. The molecule has 1 amide bonds. The number of hydrogen-bond donors (Lipinski definition) is 1. The van der Waals surface area contributed by atoms with E-state index in [0.29, 0.717) is 30.6 Å². The van der Waals surface area contributed by atoms with Crippen LogP contribution in [0.15, 0.2) is 29.0 Å². The van der Waals surface area contributed by atoms with Gasteiger partial charge in [-0.25, -0.2) is 9.97 Å². The average Bonchev–Trinajstić information content (AvgIpc) is 3.20. The number of hydrogen-bond acceptors (Lipinski definition) is 6. The predicted molar refractivity (Wildman–Crippen MR) is 73.8 cm³/mol. The molecule has 1 saturated carbocycles. The highest BCUT2D eigenvalue weighted by Crippen LogP contribution is 2.40. The minimum Gasteiger partial charge on any atom is -0.360 e. The highest BCUT2D eigenvalue weighted by molar-refractivity contribution is 5.93. The number of anilines is 1. The van der Waals surface area contributed by atoms with Crippen molar-refractivity contribution in [2.75, 3.05) is 18.4 Å². The highest BCUT2D eigenvalue weighted by atomic mass is 16.5. The molecule has 2 fully saturated rings. The Balaban J connectivity index is 1.33. The van der Waals surface area contributed by atoms with Crippen LogP contribution in [0, 0.1) is 0 Å². The molecule has 108 valence electrons. The van der Waals surface area contributed by atoms with Crippen LogP contribution in [0.25, 0.3) is 0 Å². The van der Waals surface area contributed by atoms with Gasteiger partial charge in [-0.2, -0.15) is 0 Å². The molecule has 2 aliphatic rings. The predicted octanol–water partition coefficient (Wildman–Crippen LogP) is 1.28. The van der Waals surface area contributed by atoms with Gasteiger partial charge in [-0.15, -0.1) is 0 Å². The van der Waals surface area contributed by atoms with Crippen LogP contribution in [0.3, 0.4) is 0 Å². The second-order valence-electron chi connectivity index (χ2n) is 5.51. The molecule has 0 atom stereocenters. The number of nitrogens with one attached hydrogen (secondary N) is 1. The minimum atomic E-state index is -0.0716. The second kappa shape index (κ2) is 4.83. The third kappa shape index (κ3) is 2.46. The van der Waals surface area contributed by atoms with Gasteiger partial charge < -0.3 is 14.7 Å². The van der Waals surface area contributed by atoms with Crippen LogP contribution in [0.4, 0.5) is 5.95 Å². The monoisotopic (exact) mass is 285 g/mol. The van der Waals surface area contributed by atoms with E-state index < -0.39 is 0 Å². The first-order chi connectivity index (χ1) is 10.3. The maximum Gasteiger partial charge on any atom is 0.276 e. The summed E-state index contributed by atoms with van der Waals surface area (Å²) in [5.74, 6) is 1.83. The van der Waals surface area contributed by atoms with Crippen molar-refractivity contribution in [1.29, 1.82) is 0 Å². The van der Waals surface area contributed by atoms with E-state index in [9.17, 15) is 4.79 Å². The van der Waals surface area contributed by atoms with Gasteiger partial charge in [0.15, 0.2) is 5.69 Å². The summed E-state index contributed by atoms with van der Waals surface area (Å²) in [6, 6.07) is 3.73. The first kappa shape index (κ1) is 12.3. The van der Waals surface area contributed by atoms with Gasteiger partial charge in [0.05, 0.1) is 6.04 Å². The maximum absolute atomic E-state index is 12.2. The van der Waals surface area contributed by atoms with Crippen LogP contribution in [0.5, 0.6) is 0 Å². The largest absolute Gasteiger partial charge is 0.360 e. The van der Waals surface area contributed by atoms with Gasteiger partial charge in [0.2, 0.25) is 5.95 Å². The van der Waals surface area contributed by atoms with E-state index in [1.807, 2.05) is 0 Å². The summed E-state index contributed by atoms with van der Waals surface area (Å²) in [6.45, 7) is 1.26. The molecule has 7 heteroatoms. The number of nitrogens with zero attached hydrogens (tertiary/aromatic N) is 4. The van der Waals surface area contributed by atoms with Gasteiger partial charge in [0, 0.05) is 37.5 Å². The van der Waals surface area contributed by atoms with Crippen LogP contribution in [-0.4, -0.2) is 45.1 Å². The Bertz CT molecular complexity index is 646. The van der Waals surface area contributed by atoms with Gasteiger partial charge in [-0.3, -0.25) is 4.79 Å². The normalized spacial score (nSPS) is 18.4. The Kier molecular flexibility index (Phi) is 2.83. The zero-order valence-corrected chi connectivity index (χ0v) is 11.4. The summed E-state index contributed by atoms with van der Waals surface area (Å²) >= 11 is 0. The number of carbonyl (C=O) groups is 1.